The fraction of sp³-hybridized carbons (Fsp3) is 0.360. The zero-order valence-corrected chi connectivity index (χ0v) is 18.6. The summed E-state index contributed by atoms with van der Waals surface area (Å²) in [5.74, 6) is 0. The number of aryl methyl sites for hydroxylation is 2. The standard InChI is InChI=1S/C25H27N5O2/c1-15-16(2)24-20(25(32)30(14-26-24)22-5-4-6-23(22)31)12-19(15)11-17-7-9-18(10-8-17)21-13-29(3)28-27-21/h7-10,12-14,22-23,31H,4-6,11H2,1-3H3/t22-,23-/m1/s1. The second-order valence-corrected chi connectivity index (χ2v) is 8.86. The van der Waals surface area contributed by atoms with E-state index >= 15 is 0 Å². The predicted molar refractivity (Wildman–Crippen MR) is 124 cm³/mol. The van der Waals surface area contributed by atoms with Gasteiger partial charge in [0.1, 0.15) is 5.69 Å². The van der Waals surface area contributed by atoms with E-state index in [0.29, 0.717) is 5.39 Å². The highest BCUT2D eigenvalue weighted by atomic mass is 16.3. The van der Waals surface area contributed by atoms with Crippen LogP contribution in [0.15, 0.2) is 47.7 Å². The first-order valence-corrected chi connectivity index (χ1v) is 11.1. The number of aromatic nitrogens is 5. The number of rotatable bonds is 4. The average Bonchev–Trinajstić information content (AvgIpc) is 3.41. The van der Waals surface area contributed by atoms with Gasteiger partial charge in [0.05, 0.1) is 35.6 Å². The van der Waals surface area contributed by atoms with Crippen molar-refractivity contribution in [1.29, 1.82) is 0 Å². The average molecular weight is 430 g/mol. The van der Waals surface area contributed by atoms with Gasteiger partial charge in [0, 0.05) is 12.6 Å². The molecule has 0 unspecified atom stereocenters. The van der Waals surface area contributed by atoms with Crippen LogP contribution in [0.25, 0.3) is 22.2 Å². The van der Waals surface area contributed by atoms with Gasteiger partial charge in [-0.3, -0.25) is 14.0 Å². The summed E-state index contributed by atoms with van der Waals surface area (Å²) in [5.41, 5.74) is 7.01. The lowest BCUT2D eigenvalue weighted by Gasteiger charge is -2.19. The molecule has 0 saturated heterocycles. The Morgan fingerprint density at radius 2 is 1.91 bits per heavy atom. The normalized spacial score (nSPS) is 18.5. The summed E-state index contributed by atoms with van der Waals surface area (Å²) in [5, 5.41) is 19.1. The maximum absolute atomic E-state index is 13.3. The summed E-state index contributed by atoms with van der Waals surface area (Å²) in [6.07, 6.45) is 6.22. The number of benzene rings is 2. The molecule has 1 aliphatic carbocycles. The van der Waals surface area contributed by atoms with Gasteiger partial charge in [0.15, 0.2) is 0 Å². The minimum Gasteiger partial charge on any atom is -0.391 e. The molecular weight excluding hydrogens is 402 g/mol. The summed E-state index contributed by atoms with van der Waals surface area (Å²) in [4.78, 5) is 17.9. The number of fused-ring (bicyclic) bond motifs is 1. The minimum atomic E-state index is -0.481. The number of nitrogens with zero attached hydrogens (tertiary/aromatic N) is 5. The van der Waals surface area contributed by atoms with Crippen LogP contribution in [0.3, 0.4) is 0 Å². The molecule has 2 heterocycles. The number of aliphatic hydroxyl groups excluding tert-OH is 1. The summed E-state index contributed by atoms with van der Waals surface area (Å²) in [6, 6.07) is 10.1. The highest BCUT2D eigenvalue weighted by Crippen LogP contribution is 2.30. The molecule has 2 aromatic heterocycles. The largest absolute Gasteiger partial charge is 0.391 e. The van der Waals surface area contributed by atoms with Crippen molar-refractivity contribution in [2.24, 2.45) is 7.05 Å². The van der Waals surface area contributed by atoms with Gasteiger partial charge in [-0.1, -0.05) is 29.5 Å². The molecular formula is C25H27N5O2. The smallest absolute Gasteiger partial charge is 0.261 e. The van der Waals surface area contributed by atoms with E-state index in [-0.39, 0.29) is 11.6 Å². The SMILES string of the molecule is Cc1c(Cc2ccc(-c3cn(C)nn3)cc2)cc2c(=O)n([C@@H]3CCC[C@H]3O)cnc2c1C. The first-order chi connectivity index (χ1) is 15.4. The summed E-state index contributed by atoms with van der Waals surface area (Å²) >= 11 is 0. The fourth-order valence-corrected chi connectivity index (χ4v) is 4.77. The maximum atomic E-state index is 13.3. The van der Waals surface area contributed by atoms with Crippen molar-refractivity contribution < 1.29 is 5.11 Å². The molecule has 0 radical (unpaired) electrons. The summed E-state index contributed by atoms with van der Waals surface area (Å²) < 4.78 is 3.32. The van der Waals surface area contributed by atoms with E-state index in [4.69, 9.17) is 0 Å². The highest BCUT2D eigenvalue weighted by Gasteiger charge is 2.28. The van der Waals surface area contributed by atoms with Crippen LogP contribution in [0, 0.1) is 13.8 Å². The Hall–Kier alpha value is -3.32. The Kier molecular flexibility index (Phi) is 5.13. The lowest BCUT2D eigenvalue weighted by molar-refractivity contribution is 0.134. The molecule has 1 saturated carbocycles. The molecule has 2 atom stereocenters. The molecule has 32 heavy (non-hydrogen) atoms. The molecule has 5 rings (SSSR count). The quantitative estimate of drug-likeness (QED) is 0.537. The predicted octanol–water partition coefficient (Wildman–Crippen LogP) is 3.49. The maximum Gasteiger partial charge on any atom is 0.261 e. The Bertz CT molecular complexity index is 1350. The van der Waals surface area contributed by atoms with Crippen molar-refractivity contribution in [3.8, 4) is 11.3 Å². The zero-order chi connectivity index (χ0) is 22.4. The molecule has 0 aliphatic heterocycles. The fourth-order valence-electron chi connectivity index (χ4n) is 4.77. The van der Waals surface area contributed by atoms with Crippen LogP contribution in [0.2, 0.25) is 0 Å². The number of hydrogen-bond acceptors (Lipinski definition) is 5. The molecule has 7 heteroatoms. The van der Waals surface area contributed by atoms with Gasteiger partial charge in [-0.15, -0.1) is 5.10 Å². The Morgan fingerprint density at radius 1 is 1.12 bits per heavy atom. The van der Waals surface area contributed by atoms with Gasteiger partial charge >= 0.3 is 0 Å². The molecule has 7 nitrogen and oxygen atoms in total. The molecule has 0 amide bonds. The van der Waals surface area contributed by atoms with Crippen LogP contribution >= 0.6 is 0 Å². The van der Waals surface area contributed by atoms with Crippen LogP contribution in [0.4, 0.5) is 0 Å². The van der Waals surface area contributed by atoms with Crippen molar-refractivity contribution in [2.45, 2.75) is 51.7 Å². The monoisotopic (exact) mass is 429 g/mol. The summed E-state index contributed by atoms with van der Waals surface area (Å²) in [6.45, 7) is 4.12. The topological polar surface area (TPSA) is 85.8 Å². The zero-order valence-electron chi connectivity index (χ0n) is 18.6. The third-order valence-corrected chi connectivity index (χ3v) is 6.80. The van der Waals surface area contributed by atoms with Crippen molar-refractivity contribution in [2.75, 3.05) is 0 Å². The van der Waals surface area contributed by atoms with Gasteiger partial charge in [0.2, 0.25) is 0 Å². The first-order valence-electron chi connectivity index (χ1n) is 11.1. The Balaban J connectivity index is 1.51. The van der Waals surface area contributed by atoms with E-state index in [2.05, 4.69) is 46.5 Å². The van der Waals surface area contributed by atoms with E-state index in [9.17, 15) is 9.90 Å². The molecule has 4 aromatic rings. The van der Waals surface area contributed by atoms with Crippen molar-refractivity contribution in [1.82, 2.24) is 24.5 Å². The van der Waals surface area contributed by atoms with Crippen LogP contribution < -0.4 is 5.56 Å². The molecule has 0 spiro atoms. The van der Waals surface area contributed by atoms with Gasteiger partial charge in [-0.2, -0.15) is 0 Å². The number of hydrogen-bond donors (Lipinski definition) is 1. The van der Waals surface area contributed by atoms with Crippen LogP contribution in [-0.4, -0.2) is 35.8 Å². The molecule has 0 bridgehead atoms. The second kappa shape index (κ2) is 7.98. The van der Waals surface area contributed by atoms with E-state index in [1.165, 1.54) is 0 Å². The van der Waals surface area contributed by atoms with E-state index in [1.54, 1.807) is 15.6 Å². The first kappa shape index (κ1) is 20.6. The van der Waals surface area contributed by atoms with Crippen molar-refractivity contribution >= 4 is 10.9 Å². The Labute approximate surface area is 186 Å². The van der Waals surface area contributed by atoms with Crippen LogP contribution in [0.5, 0.6) is 0 Å². The second-order valence-electron chi connectivity index (χ2n) is 8.86. The van der Waals surface area contributed by atoms with Crippen LogP contribution in [0.1, 0.15) is 47.6 Å². The van der Waals surface area contributed by atoms with E-state index in [1.807, 2.05) is 26.2 Å². The van der Waals surface area contributed by atoms with Crippen molar-refractivity contribution in [3.63, 3.8) is 0 Å². The molecule has 1 fully saturated rings. The highest BCUT2D eigenvalue weighted by molar-refractivity contribution is 5.83. The minimum absolute atomic E-state index is 0.0664. The van der Waals surface area contributed by atoms with Gasteiger partial charge in [0.25, 0.3) is 5.56 Å². The molecule has 1 N–H and O–H groups in total. The van der Waals surface area contributed by atoms with E-state index in [0.717, 1.165) is 64.7 Å². The molecule has 1 aliphatic rings. The lowest BCUT2D eigenvalue weighted by atomic mass is 9.94. The summed E-state index contributed by atoms with van der Waals surface area (Å²) in [7, 11) is 1.85. The Morgan fingerprint density at radius 3 is 2.56 bits per heavy atom. The van der Waals surface area contributed by atoms with Crippen molar-refractivity contribution in [3.05, 3.63) is 75.5 Å². The van der Waals surface area contributed by atoms with Gasteiger partial charge in [-0.05, 0) is 67.9 Å². The third kappa shape index (κ3) is 3.52. The van der Waals surface area contributed by atoms with E-state index < -0.39 is 6.10 Å². The molecule has 164 valence electrons. The van der Waals surface area contributed by atoms with Crippen LogP contribution in [-0.2, 0) is 13.5 Å². The van der Waals surface area contributed by atoms with Gasteiger partial charge in [-0.25, -0.2) is 4.98 Å². The number of aliphatic hydroxyl groups is 1. The van der Waals surface area contributed by atoms with Gasteiger partial charge < -0.3 is 5.11 Å². The molecule has 2 aromatic carbocycles. The third-order valence-electron chi connectivity index (χ3n) is 6.80. The lowest BCUT2D eigenvalue weighted by Crippen LogP contribution is -2.29.